The van der Waals surface area contributed by atoms with E-state index in [1.54, 1.807) is 18.5 Å². The largest absolute Gasteiger partial charge is 0.477 e. The molecule has 19 heteroatoms. The summed E-state index contributed by atoms with van der Waals surface area (Å²) in [6.07, 6.45) is 4.38. The normalized spacial score (nSPS) is 18.4. The van der Waals surface area contributed by atoms with Crippen LogP contribution in [0.15, 0.2) is 44.0 Å². The van der Waals surface area contributed by atoms with Gasteiger partial charge in [-0.2, -0.15) is 0 Å². The van der Waals surface area contributed by atoms with Crippen LogP contribution in [-0.4, -0.2) is 92.6 Å². The Labute approximate surface area is 254 Å². The highest BCUT2D eigenvalue weighted by Gasteiger charge is 2.54. The summed E-state index contributed by atoms with van der Waals surface area (Å²) in [6, 6.07) is 0.701. The molecule has 41 heavy (non-hydrogen) atoms. The number of alkyl halides is 1. The zero-order valence-electron chi connectivity index (χ0n) is 20.8. The summed E-state index contributed by atoms with van der Waals surface area (Å²) in [7, 11) is 0. The van der Waals surface area contributed by atoms with Gasteiger partial charge in [-0.05, 0) is 6.07 Å². The smallest absolute Gasteiger partial charge is 0.353 e. The molecule has 0 bridgehead atoms. The van der Waals surface area contributed by atoms with Crippen LogP contribution < -0.4 is 16.4 Å². The number of carbonyl (C=O) groups excluding carboxylic acids is 2. The lowest BCUT2D eigenvalue weighted by atomic mass is 10.0. The third kappa shape index (κ3) is 7.06. The van der Waals surface area contributed by atoms with Crippen molar-refractivity contribution in [2.75, 3.05) is 37.1 Å². The van der Waals surface area contributed by atoms with E-state index in [1.165, 1.54) is 35.3 Å². The van der Waals surface area contributed by atoms with E-state index in [-0.39, 0.29) is 26.6 Å². The van der Waals surface area contributed by atoms with Gasteiger partial charge in [-0.15, -0.1) is 23.5 Å². The molecule has 2 aromatic heterocycles. The molecule has 13 nitrogen and oxygen atoms in total. The molecule has 0 unspecified atom stereocenters. The van der Waals surface area contributed by atoms with Crippen LogP contribution in [0.5, 0.6) is 0 Å². The summed E-state index contributed by atoms with van der Waals surface area (Å²) in [4.78, 5) is 54.8. The molecule has 1 fully saturated rings. The number of β-lactam (4-membered cyclic amide) rings is 1. The number of hydrogen-bond acceptors (Lipinski definition) is 13. The zero-order chi connectivity index (χ0) is 29.5. The summed E-state index contributed by atoms with van der Waals surface area (Å²) in [6.45, 7) is -0.708. The summed E-state index contributed by atoms with van der Waals surface area (Å²) in [5, 5.41) is 25.5. The number of rotatable bonds is 14. The van der Waals surface area contributed by atoms with Gasteiger partial charge in [-0.1, -0.05) is 39.9 Å². The van der Waals surface area contributed by atoms with Crippen LogP contribution in [0, 0.1) is 5.41 Å². The van der Waals surface area contributed by atoms with E-state index in [0.717, 1.165) is 32.4 Å². The number of nitrogen functional groups attached to an aromatic ring is 1. The number of aromatic nitrogens is 2. The SMILES string of the molecule is N=CNCCSc1cnccc1SC1=C(C(=O)O)N2C(=O)[C@@H](NC(=O)/C(=N\OCCF)c3nc(N)sc3Cl)[C@@H]2SC1. The standard InChI is InChI=1S/C22H22ClFN8O5S4/c23-17-13(30-22(26)41-17)14(31-37-5-2-24)18(33)29-15-19(34)32-16(21(35)36)12(8-39-20(15)32)40-10-1-3-27-7-11(10)38-6-4-28-9-25/h1,3,7,9,15,20H,2,4-6,8H2,(H2,25,28)(H2,26,30)(H,29,33)(H,35,36)/b31-14-/t15-,20+/m1/s1. The Morgan fingerprint density at radius 1 is 1.44 bits per heavy atom. The molecule has 2 aliphatic heterocycles. The molecular weight excluding hydrogens is 639 g/mol. The molecule has 2 aromatic rings. The number of carbonyl (C=O) groups is 3. The maximum atomic E-state index is 13.2. The topological polar surface area (TPSA) is 196 Å². The van der Waals surface area contributed by atoms with E-state index in [2.05, 4.69) is 25.8 Å². The number of thiazole rings is 1. The molecule has 4 heterocycles. The fourth-order valence-corrected chi connectivity index (χ4v) is 8.14. The predicted molar refractivity (Wildman–Crippen MR) is 157 cm³/mol. The van der Waals surface area contributed by atoms with E-state index in [0.29, 0.717) is 17.2 Å². The van der Waals surface area contributed by atoms with E-state index >= 15 is 0 Å². The molecule has 2 amide bonds. The number of nitrogens with two attached hydrogens (primary N) is 1. The van der Waals surface area contributed by atoms with Crippen molar-refractivity contribution in [1.29, 1.82) is 5.41 Å². The number of pyridine rings is 1. The van der Waals surface area contributed by atoms with E-state index < -0.39 is 48.2 Å². The molecule has 1 saturated heterocycles. The van der Waals surface area contributed by atoms with Crippen molar-refractivity contribution < 1.29 is 28.7 Å². The van der Waals surface area contributed by atoms with Gasteiger partial charge in [-0.25, -0.2) is 14.2 Å². The maximum Gasteiger partial charge on any atom is 0.353 e. The van der Waals surface area contributed by atoms with Crippen LogP contribution in [0.25, 0.3) is 0 Å². The highest BCUT2D eigenvalue weighted by Crippen LogP contribution is 2.46. The van der Waals surface area contributed by atoms with Crippen molar-refractivity contribution in [2.45, 2.75) is 21.2 Å². The van der Waals surface area contributed by atoms with Crippen molar-refractivity contribution in [2.24, 2.45) is 5.16 Å². The van der Waals surface area contributed by atoms with Gasteiger partial charge in [0.05, 0.1) is 6.34 Å². The van der Waals surface area contributed by atoms with Gasteiger partial charge in [0.1, 0.15) is 40.4 Å². The number of aliphatic carboxylic acids is 1. The first kappa shape index (κ1) is 30.9. The van der Waals surface area contributed by atoms with Gasteiger partial charge < -0.3 is 26.3 Å². The molecule has 0 saturated carbocycles. The molecule has 218 valence electrons. The lowest BCUT2D eigenvalue weighted by Crippen LogP contribution is -2.71. The molecule has 2 aliphatic rings. The van der Waals surface area contributed by atoms with Crippen molar-refractivity contribution in [3.8, 4) is 0 Å². The van der Waals surface area contributed by atoms with Gasteiger partial charge in [0.25, 0.3) is 11.8 Å². The number of anilines is 1. The number of carboxylic acid groups (broad SMARTS) is 1. The first-order valence-corrected chi connectivity index (χ1v) is 15.7. The summed E-state index contributed by atoms with van der Waals surface area (Å²) in [5.41, 5.74) is 5.02. The van der Waals surface area contributed by atoms with E-state index in [1.807, 2.05) is 0 Å². The number of nitrogens with one attached hydrogen (secondary N) is 3. The first-order valence-electron chi connectivity index (χ1n) is 11.6. The number of carboxylic acids is 1. The molecule has 2 atom stereocenters. The Hall–Kier alpha value is -3.06. The zero-order valence-corrected chi connectivity index (χ0v) is 24.9. The van der Waals surface area contributed by atoms with Gasteiger partial charge >= 0.3 is 5.97 Å². The quantitative estimate of drug-likeness (QED) is 0.0496. The Bertz CT molecular complexity index is 1410. The average Bonchev–Trinajstić information content (AvgIpc) is 3.29. The van der Waals surface area contributed by atoms with Crippen LogP contribution in [0.1, 0.15) is 5.69 Å². The Morgan fingerprint density at radius 2 is 2.24 bits per heavy atom. The Balaban J connectivity index is 1.52. The highest BCUT2D eigenvalue weighted by molar-refractivity contribution is 8.07. The van der Waals surface area contributed by atoms with Crippen molar-refractivity contribution in [3.63, 3.8) is 0 Å². The van der Waals surface area contributed by atoms with Crippen LogP contribution in [-0.2, 0) is 19.2 Å². The second-order valence-electron chi connectivity index (χ2n) is 7.95. The monoisotopic (exact) mass is 660 g/mol. The Morgan fingerprint density at radius 3 is 2.93 bits per heavy atom. The van der Waals surface area contributed by atoms with Crippen molar-refractivity contribution in [1.82, 2.24) is 25.5 Å². The third-order valence-electron chi connectivity index (χ3n) is 5.37. The van der Waals surface area contributed by atoms with Crippen LogP contribution in [0.4, 0.5) is 9.52 Å². The summed E-state index contributed by atoms with van der Waals surface area (Å²) >= 11 is 11.0. The number of oxime groups is 1. The minimum atomic E-state index is -1.28. The second-order valence-corrected chi connectivity index (χ2v) is 13.0. The molecule has 0 aliphatic carbocycles. The first-order chi connectivity index (χ1) is 19.8. The summed E-state index contributed by atoms with van der Waals surface area (Å²) < 4.78 is 12.6. The number of hydrogen-bond donors (Lipinski definition) is 5. The molecular formula is C22H22ClFN8O5S4. The molecule has 4 rings (SSSR count). The van der Waals surface area contributed by atoms with Crippen molar-refractivity contribution in [3.05, 3.63) is 39.1 Å². The second kappa shape index (κ2) is 14.2. The van der Waals surface area contributed by atoms with E-state index in [4.69, 9.17) is 27.6 Å². The van der Waals surface area contributed by atoms with E-state index in [9.17, 15) is 23.9 Å². The fraction of sp³-hybridized carbons (Fsp3) is 0.318. The molecule has 0 spiro atoms. The van der Waals surface area contributed by atoms with Gasteiger partial charge in [0.2, 0.25) is 0 Å². The Kier molecular flexibility index (Phi) is 10.7. The number of halogens is 2. The molecule has 6 N–H and O–H groups in total. The highest BCUT2D eigenvalue weighted by atomic mass is 35.5. The predicted octanol–water partition coefficient (Wildman–Crippen LogP) is 2.24. The van der Waals surface area contributed by atoms with Crippen LogP contribution in [0.2, 0.25) is 4.34 Å². The average molecular weight is 661 g/mol. The third-order valence-corrected chi connectivity index (χ3v) is 10.3. The molecule has 0 radical (unpaired) electrons. The minimum Gasteiger partial charge on any atom is -0.477 e. The fourth-order valence-electron chi connectivity index (χ4n) is 3.66. The van der Waals surface area contributed by atoms with Gasteiger partial charge in [0, 0.05) is 45.1 Å². The van der Waals surface area contributed by atoms with Crippen LogP contribution in [0.3, 0.4) is 0 Å². The lowest BCUT2D eigenvalue weighted by Gasteiger charge is -2.49. The number of thioether (sulfide) groups is 3. The maximum absolute atomic E-state index is 13.2. The van der Waals surface area contributed by atoms with Gasteiger partial charge in [-0.3, -0.25) is 24.9 Å². The number of fused-ring (bicyclic) bond motifs is 1. The lowest BCUT2D eigenvalue weighted by molar-refractivity contribution is -0.150. The van der Waals surface area contributed by atoms with Crippen molar-refractivity contribution >= 4 is 93.2 Å². The number of nitrogens with zero attached hydrogens (tertiary/aromatic N) is 4. The van der Waals surface area contributed by atoms with Gasteiger partial charge in [0.15, 0.2) is 10.8 Å². The molecule has 0 aromatic carbocycles. The number of amides is 2. The minimum absolute atomic E-state index is 0.0474. The van der Waals surface area contributed by atoms with Crippen LogP contribution >= 0.6 is 58.2 Å². The summed E-state index contributed by atoms with van der Waals surface area (Å²) in [5.74, 6) is -1.84.